The minimum atomic E-state index is -3.51. The third-order valence-electron chi connectivity index (χ3n) is 4.66. The van der Waals surface area contributed by atoms with Crippen LogP contribution >= 0.6 is 0 Å². The van der Waals surface area contributed by atoms with Crippen molar-refractivity contribution in [3.05, 3.63) is 64.9 Å². The third kappa shape index (κ3) is 4.04. The van der Waals surface area contributed by atoms with Crippen LogP contribution in [0.5, 0.6) is 0 Å². The molecule has 6 nitrogen and oxygen atoms in total. The maximum Gasteiger partial charge on any atom is 0.240 e. The Morgan fingerprint density at radius 1 is 1.15 bits per heavy atom. The smallest absolute Gasteiger partial charge is 0.240 e. The normalized spacial score (nSPS) is 11.7. The van der Waals surface area contributed by atoms with Crippen LogP contribution in [0.2, 0.25) is 0 Å². The summed E-state index contributed by atoms with van der Waals surface area (Å²) < 4.78 is 31.7. The van der Waals surface area contributed by atoms with Gasteiger partial charge in [0.1, 0.15) is 5.58 Å². The van der Waals surface area contributed by atoms with Crippen molar-refractivity contribution in [2.45, 2.75) is 31.7 Å². The lowest BCUT2D eigenvalue weighted by Crippen LogP contribution is -2.25. The van der Waals surface area contributed by atoms with Crippen molar-refractivity contribution >= 4 is 26.9 Å². The minimum absolute atomic E-state index is 0.155. The Bertz CT molecular complexity index is 1100. The van der Waals surface area contributed by atoms with Crippen LogP contribution in [0.25, 0.3) is 11.0 Å². The Hall–Kier alpha value is -2.64. The number of benzene rings is 2. The third-order valence-corrected chi connectivity index (χ3v) is 6.07. The quantitative estimate of drug-likeness (QED) is 0.682. The van der Waals surface area contributed by atoms with Gasteiger partial charge in [0.05, 0.1) is 17.6 Å². The molecule has 0 aliphatic carbocycles. The first kappa shape index (κ1) is 19.1. The van der Waals surface area contributed by atoms with E-state index in [9.17, 15) is 13.2 Å². The van der Waals surface area contributed by atoms with Crippen molar-refractivity contribution in [2.75, 3.05) is 7.05 Å². The van der Waals surface area contributed by atoms with Gasteiger partial charge in [-0.25, -0.2) is 13.1 Å². The highest BCUT2D eigenvalue weighted by Crippen LogP contribution is 2.26. The van der Waals surface area contributed by atoms with Gasteiger partial charge in [0, 0.05) is 17.5 Å². The molecule has 0 atom stereocenters. The molecule has 2 N–H and O–H groups in total. The van der Waals surface area contributed by atoms with Gasteiger partial charge in [0.15, 0.2) is 0 Å². The second-order valence-corrected chi connectivity index (χ2v) is 8.34. The Morgan fingerprint density at radius 3 is 2.67 bits per heavy atom. The molecule has 3 aromatic rings. The fourth-order valence-electron chi connectivity index (χ4n) is 2.90. The molecular weight excluding hydrogens is 364 g/mol. The topological polar surface area (TPSA) is 88.4 Å². The second kappa shape index (κ2) is 7.54. The fourth-order valence-corrected chi connectivity index (χ4v) is 3.70. The molecule has 0 saturated heterocycles. The van der Waals surface area contributed by atoms with Crippen molar-refractivity contribution in [3.63, 3.8) is 0 Å². The monoisotopic (exact) mass is 386 g/mol. The summed E-state index contributed by atoms with van der Waals surface area (Å²) in [6, 6.07) is 10.5. The lowest BCUT2D eigenvalue weighted by molar-refractivity contribution is -0.120. The SMILES string of the molecule is CNS(=O)(=O)c1cccc(CNC(=O)Cc2coc3c(C)c(C)ccc23)c1. The summed E-state index contributed by atoms with van der Waals surface area (Å²) >= 11 is 0. The molecule has 0 aliphatic heterocycles. The molecule has 0 spiro atoms. The molecule has 142 valence electrons. The van der Waals surface area contributed by atoms with Crippen molar-refractivity contribution < 1.29 is 17.6 Å². The Balaban J connectivity index is 1.69. The van der Waals surface area contributed by atoms with Crippen LogP contribution in [0.4, 0.5) is 0 Å². The molecule has 7 heteroatoms. The van der Waals surface area contributed by atoms with E-state index in [4.69, 9.17) is 4.42 Å². The second-order valence-electron chi connectivity index (χ2n) is 6.45. The molecule has 0 bridgehead atoms. The zero-order chi connectivity index (χ0) is 19.6. The number of hydrogen-bond donors (Lipinski definition) is 2. The van der Waals surface area contributed by atoms with Crippen LogP contribution in [0.3, 0.4) is 0 Å². The van der Waals surface area contributed by atoms with E-state index in [-0.39, 0.29) is 23.8 Å². The molecule has 0 saturated carbocycles. The lowest BCUT2D eigenvalue weighted by Gasteiger charge is -2.07. The number of furan rings is 1. The number of nitrogens with one attached hydrogen (secondary N) is 2. The number of carbonyl (C=O) groups is 1. The highest BCUT2D eigenvalue weighted by atomic mass is 32.2. The van der Waals surface area contributed by atoms with Gasteiger partial charge in [-0.2, -0.15) is 0 Å². The molecule has 27 heavy (non-hydrogen) atoms. The Kier molecular flexibility index (Phi) is 5.34. The molecule has 0 fully saturated rings. The number of carbonyl (C=O) groups excluding carboxylic acids is 1. The Morgan fingerprint density at radius 2 is 1.93 bits per heavy atom. The summed E-state index contributed by atoms with van der Waals surface area (Å²) in [5.41, 5.74) is 4.56. The molecule has 1 heterocycles. The first-order valence-corrected chi connectivity index (χ1v) is 10.1. The van der Waals surface area contributed by atoms with E-state index < -0.39 is 10.0 Å². The number of aryl methyl sites for hydroxylation is 2. The van der Waals surface area contributed by atoms with Crippen LogP contribution in [-0.2, 0) is 27.8 Å². The van der Waals surface area contributed by atoms with Crippen LogP contribution in [0.15, 0.2) is 52.0 Å². The molecule has 3 rings (SSSR count). The predicted octanol–water partition coefficient (Wildman–Crippen LogP) is 2.82. The summed E-state index contributed by atoms with van der Waals surface area (Å²) in [4.78, 5) is 12.5. The lowest BCUT2D eigenvalue weighted by atomic mass is 10.0. The van der Waals surface area contributed by atoms with Gasteiger partial charge in [-0.3, -0.25) is 4.79 Å². The van der Waals surface area contributed by atoms with Gasteiger partial charge in [-0.1, -0.05) is 24.3 Å². The number of rotatable bonds is 6. The summed E-state index contributed by atoms with van der Waals surface area (Å²) in [6.45, 7) is 4.27. The van der Waals surface area contributed by atoms with Crippen LogP contribution in [0.1, 0.15) is 22.3 Å². The van der Waals surface area contributed by atoms with E-state index in [0.29, 0.717) is 5.56 Å². The maximum absolute atomic E-state index is 12.3. The summed E-state index contributed by atoms with van der Waals surface area (Å²) in [6.07, 6.45) is 1.82. The first-order chi connectivity index (χ1) is 12.8. The van der Waals surface area contributed by atoms with E-state index in [1.807, 2.05) is 26.0 Å². The highest BCUT2D eigenvalue weighted by Gasteiger charge is 2.14. The Labute approximate surface area is 158 Å². The number of fused-ring (bicyclic) bond motifs is 1. The standard InChI is InChI=1S/C20H22N2O4S/c1-13-7-8-18-16(12-26-20(18)14(13)2)10-19(23)22-11-15-5-4-6-17(9-15)27(24,25)21-3/h4-9,12,21H,10-11H2,1-3H3,(H,22,23). The molecule has 1 aromatic heterocycles. The largest absolute Gasteiger partial charge is 0.464 e. The van der Waals surface area contributed by atoms with Crippen molar-refractivity contribution in [3.8, 4) is 0 Å². The molecule has 1 amide bonds. The van der Waals surface area contributed by atoms with Gasteiger partial charge in [-0.15, -0.1) is 0 Å². The van der Waals surface area contributed by atoms with Crippen molar-refractivity contribution in [1.82, 2.24) is 10.0 Å². The molecular formula is C20H22N2O4S. The summed E-state index contributed by atoms with van der Waals surface area (Å²) in [5, 5.41) is 3.77. The summed E-state index contributed by atoms with van der Waals surface area (Å²) in [5.74, 6) is -0.155. The maximum atomic E-state index is 12.3. The average molecular weight is 386 g/mol. The molecule has 0 unspecified atom stereocenters. The van der Waals surface area contributed by atoms with Gasteiger partial charge < -0.3 is 9.73 Å². The molecule has 2 aromatic carbocycles. The van der Waals surface area contributed by atoms with Crippen molar-refractivity contribution in [1.29, 1.82) is 0 Å². The fraction of sp³-hybridized carbons (Fsp3) is 0.250. The van der Waals surface area contributed by atoms with Gasteiger partial charge >= 0.3 is 0 Å². The van der Waals surface area contributed by atoms with Gasteiger partial charge in [0.2, 0.25) is 15.9 Å². The van der Waals surface area contributed by atoms with Crippen LogP contribution in [-0.4, -0.2) is 21.4 Å². The zero-order valence-electron chi connectivity index (χ0n) is 15.5. The number of sulfonamides is 1. The van der Waals surface area contributed by atoms with Gasteiger partial charge in [-0.05, 0) is 49.7 Å². The zero-order valence-corrected chi connectivity index (χ0v) is 16.3. The van der Waals surface area contributed by atoms with Crippen LogP contribution < -0.4 is 10.0 Å². The average Bonchev–Trinajstić information content (AvgIpc) is 3.06. The minimum Gasteiger partial charge on any atom is -0.464 e. The molecule has 0 radical (unpaired) electrons. The number of hydrogen-bond acceptors (Lipinski definition) is 4. The molecule has 0 aliphatic rings. The summed E-state index contributed by atoms with van der Waals surface area (Å²) in [7, 11) is -2.14. The van der Waals surface area contributed by atoms with E-state index in [1.165, 1.54) is 13.1 Å². The predicted molar refractivity (Wildman–Crippen MR) is 104 cm³/mol. The highest BCUT2D eigenvalue weighted by molar-refractivity contribution is 7.89. The van der Waals surface area contributed by atoms with E-state index in [2.05, 4.69) is 10.0 Å². The van der Waals surface area contributed by atoms with Crippen molar-refractivity contribution in [2.24, 2.45) is 0 Å². The number of amides is 1. The van der Waals surface area contributed by atoms with Crippen LogP contribution in [0, 0.1) is 13.8 Å². The van der Waals surface area contributed by atoms with E-state index in [1.54, 1.807) is 24.5 Å². The van der Waals surface area contributed by atoms with Gasteiger partial charge in [0.25, 0.3) is 0 Å². The van der Waals surface area contributed by atoms with E-state index in [0.717, 1.165) is 27.7 Å². The van der Waals surface area contributed by atoms with E-state index >= 15 is 0 Å². The first-order valence-electron chi connectivity index (χ1n) is 8.57.